The maximum atomic E-state index is 14.1. The topological polar surface area (TPSA) is 87.5 Å². The van der Waals surface area contributed by atoms with Crippen molar-refractivity contribution in [1.82, 2.24) is 20.0 Å². The Labute approximate surface area is 158 Å². The molecule has 2 aromatic rings. The molecule has 0 aliphatic carbocycles. The van der Waals surface area contributed by atoms with Crippen molar-refractivity contribution in [2.45, 2.75) is 18.4 Å². The molecule has 2 heterocycles. The maximum absolute atomic E-state index is 14.1. The number of hydrogen-bond acceptors (Lipinski definition) is 4. The van der Waals surface area contributed by atoms with Gasteiger partial charge >= 0.3 is 0 Å². The second kappa shape index (κ2) is 8.26. The van der Waals surface area contributed by atoms with Crippen molar-refractivity contribution < 1.29 is 27.9 Å². The predicted octanol–water partition coefficient (Wildman–Crippen LogP) is 1.59. The van der Waals surface area contributed by atoms with Crippen LogP contribution in [0, 0.1) is 0 Å². The van der Waals surface area contributed by atoms with Crippen molar-refractivity contribution in [3.05, 3.63) is 59.9 Å². The fraction of sp³-hybridized carbons (Fsp3) is 0.278. The van der Waals surface area contributed by atoms with Gasteiger partial charge in [0.25, 0.3) is 24.2 Å². The Kier molecular flexibility index (Phi) is 5.78. The van der Waals surface area contributed by atoms with Crippen molar-refractivity contribution in [3.8, 4) is 0 Å². The van der Waals surface area contributed by atoms with E-state index < -0.39 is 36.3 Å². The molecular weight excluding hydrogens is 377 g/mol. The molecule has 7 nitrogen and oxygen atoms in total. The third-order valence-electron chi connectivity index (χ3n) is 4.29. The lowest BCUT2D eigenvalue weighted by molar-refractivity contribution is -0.130. The van der Waals surface area contributed by atoms with Crippen LogP contribution in [0.2, 0.25) is 0 Å². The summed E-state index contributed by atoms with van der Waals surface area (Å²) in [5.74, 6) is -1.48. The van der Waals surface area contributed by atoms with Crippen LogP contribution in [0.4, 0.5) is 13.2 Å². The van der Waals surface area contributed by atoms with Crippen LogP contribution in [0.5, 0.6) is 0 Å². The summed E-state index contributed by atoms with van der Waals surface area (Å²) in [5, 5.41) is 16.1. The average molecular weight is 394 g/mol. The van der Waals surface area contributed by atoms with Gasteiger partial charge in [-0.05, 0) is 23.8 Å². The summed E-state index contributed by atoms with van der Waals surface area (Å²) >= 11 is 0. The van der Waals surface area contributed by atoms with Crippen LogP contribution in [0.25, 0.3) is 6.08 Å². The fourth-order valence-electron chi connectivity index (χ4n) is 2.95. The Morgan fingerprint density at radius 1 is 1.29 bits per heavy atom. The molecule has 3 rings (SSSR count). The number of rotatable bonds is 5. The second-order valence-corrected chi connectivity index (χ2v) is 6.27. The van der Waals surface area contributed by atoms with E-state index in [1.165, 1.54) is 47.6 Å². The van der Waals surface area contributed by atoms with Crippen molar-refractivity contribution in [1.29, 1.82) is 0 Å². The molecule has 1 aliphatic heterocycles. The highest BCUT2D eigenvalue weighted by Gasteiger charge is 2.36. The minimum absolute atomic E-state index is 0.0465. The molecule has 0 saturated carbocycles. The number of aromatic nitrogens is 2. The quantitative estimate of drug-likeness (QED) is 0.806. The van der Waals surface area contributed by atoms with E-state index in [4.69, 9.17) is 0 Å². The lowest BCUT2D eigenvalue weighted by Gasteiger charge is -2.18. The Balaban J connectivity index is 1.65. The average Bonchev–Trinajstić information content (AvgIpc) is 3.30. The lowest BCUT2D eigenvalue weighted by Crippen LogP contribution is -2.45. The number of alkyl halides is 1. The number of benzene rings is 1. The SMILES string of the molecule is O=C(N[C@@H]1CN(C(=O)c2cccc(C=C(F)F)c2)C[C@H]1O)C(F)n1cccn1. The van der Waals surface area contributed by atoms with E-state index in [0.29, 0.717) is 6.08 Å². The summed E-state index contributed by atoms with van der Waals surface area (Å²) in [6.07, 6.45) is -1.80. The Morgan fingerprint density at radius 2 is 2.07 bits per heavy atom. The molecule has 0 bridgehead atoms. The molecule has 3 atom stereocenters. The normalized spacial score (nSPS) is 19.9. The molecule has 1 fully saturated rings. The van der Waals surface area contributed by atoms with Crippen molar-refractivity contribution in [3.63, 3.8) is 0 Å². The summed E-state index contributed by atoms with van der Waals surface area (Å²) in [6, 6.07) is 6.25. The van der Waals surface area contributed by atoms with Gasteiger partial charge in [-0.15, -0.1) is 0 Å². The smallest absolute Gasteiger partial charge is 0.277 e. The summed E-state index contributed by atoms with van der Waals surface area (Å²) in [5.41, 5.74) is 0.323. The van der Waals surface area contributed by atoms with E-state index in [2.05, 4.69) is 10.4 Å². The number of nitrogens with zero attached hydrogens (tertiary/aromatic N) is 3. The maximum Gasteiger partial charge on any atom is 0.277 e. The van der Waals surface area contributed by atoms with E-state index in [1.54, 1.807) is 0 Å². The fourth-order valence-corrected chi connectivity index (χ4v) is 2.95. The molecular formula is C18H17F3N4O3. The Bertz CT molecular complexity index is 884. The molecule has 1 unspecified atom stereocenters. The number of halogens is 3. The molecule has 1 aromatic carbocycles. The van der Waals surface area contributed by atoms with Gasteiger partial charge in [0.05, 0.1) is 12.1 Å². The molecule has 10 heteroatoms. The lowest BCUT2D eigenvalue weighted by atomic mass is 10.1. The van der Waals surface area contributed by atoms with Gasteiger partial charge in [-0.25, -0.2) is 9.07 Å². The Hall–Kier alpha value is -3.14. The number of likely N-dealkylation sites (tertiary alicyclic amines) is 1. The summed E-state index contributed by atoms with van der Waals surface area (Å²) in [7, 11) is 0. The largest absolute Gasteiger partial charge is 0.389 e. The van der Waals surface area contributed by atoms with Gasteiger partial charge in [0.1, 0.15) is 0 Å². The highest BCUT2D eigenvalue weighted by molar-refractivity contribution is 5.95. The molecule has 0 radical (unpaired) electrons. The van der Waals surface area contributed by atoms with Crippen LogP contribution in [0.3, 0.4) is 0 Å². The van der Waals surface area contributed by atoms with Crippen molar-refractivity contribution in [2.75, 3.05) is 13.1 Å². The monoisotopic (exact) mass is 394 g/mol. The predicted molar refractivity (Wildman–Crippen MR) is 92.8 cm³/mol. The minimum atomic E-state index is -2.06. The van der Waals surface area contributed by atoms with Crippen LogP contribution < -0.4 is 5.32 Å². The number of hydrogen-bond donors (Lipinski definition) is 2. The van der Waals surface area contributed by atoms with Gasteiger partial charge in [0, 0.05) is 37.1 Å². The van der Waals surface area contributed by atoms with Gasteiger partial charge in [0.15, 0.2) is 0 Å². The number of aliphatic hydroxyl groups excluding tert-OH is 1. The third kappa shape index (κ3) is 4.39. The molecule has 1 aliphatic rings. The summed E-state index contributed by atoms with van der Waals surface area (Å²) in [6.45, 7) is -0.130. The second-order valence-electron chi connectivity index (χ2n) is 6.27. The van der Waals surface area contributed by atoms with E-state index in [9.17, 15) is 27.9 Å². The number of β-amino-alcohol motifs (C(OH)–C–C–N with tert-alkyl or cyclic N) is 1. The van der Waals surface area contributed by atoms with Gasteiger partial charge in [-0.2, -0.15) is 13.9 Å². The zero-order valence-electron chi connectivity index (χ0n) is 14.5. The molecule has 2 N–H and O–H groups in total. The van der Waals surface area contributed by atoms with Crippen LogP contribution in [0.15, 0.2) is 48.8 Å². The van der Waals surface area contributed by atoms with Crippen LogP contribution >= 0.6 is 0 Å². The number of carbonyl (C=O) groups is 2. The van der Waals surface area contributed by atoms with E-state index in [0.717, 1.165) is 4.68 Å². The zero-order chi connectivity index (χ0) is 20.3. The summed E-state index contributed by atoms with van der Waals surface area (Å²) < 4.78 is 39.7. The van der Waals surface area contributed by atoms with Gasteiger partial charge in [0.2, 0.25) is 0 Å². The van der Waals surface area contributed by atoms with E-state index in [-0.39, 0.29) is 24.2 Å². The summed E-state index contributed by atoms with van der Waals surface area (Å²) in [4.78, 5) is 25.9. The first-order valence-corrected chi connectivity index (χ1v) is 8.39. The van der Waals surface area contributed by atoms with Gasteiger partial charge in [-0.1, -0.05) is 12.1 Å². The molecule has 0 spiro atoms. The first kappa shape index (κ1) is 19.6. The van der Waals surface area contributed by atoms with Crippen LogP contribution in [-0.4, -0.2) is 56.8 Å². The molecule has 1 saturated heterocycles. The molecule has 28 heavy (non-hydrogen) atoms. The van der Waals surface area contributed by atoms with Crippen molar-refractivity contribution >= 4 is 17.9 Å². The standard InChI is InChI=1S/C18H17F3N4O3/c19-15(20)8-11-3-1-4-12(7-11)18(28)24-9-13(14(26)10-24)23-17(27)16(21)25-6-2-5-22-25/h1-8,13-14,16,26H,9-10H2,(H,23,27)/t13-,14-,16?/m1/s1. The van der Waals surface area contributed by atoms with Gasteiger partial charge in [-0.3, -0.25) is 9.59 Å². The first-order chi connectivity index (χ1) is 13.3. The molecule has 1 aromatic heterocycles. The minimum Gasteiger partial charge on any atom is -0.389 e. The van der Waals surface area contributed by atoms with E-state index in [1.807, 2.05) is 0 Å². The highest BCUT2D eigenvalue weighted by atomic mass is 19.3. The number of carbonyl (C=O) groups excluding carboxylic acids is 2. The van der Waals surface area contributed by atoms with Crippen molar-refractivity contribution in [2.24, 2.45) is 0 Å². The van der Waals surface area contributed by atoms with Crippen LogP contribution in [-0.2, 0) is 4.79 Å². The Morgan fingerprint density at radius 3 is 2.75 bits per heavy atom. The molecule has 2 amide bonds. The number of amides is 2. The van der Waals surface area contributed by atoms with Crippen LogP contribution in [0.1, 0.15) is 22.2 Å². The zero-order valence-corrected chi connectivity index (χ0v) is 14.5. The van der Waals surface area contributed by atoms with Gasteiger partial charge < -0.3 is 15.3 Å². The third-order valence-corrected chi connectivity index (χ3v) is 4.29. The first-order valence-electron chi connectivity index (χ1n) is 8.39. The number of aliphatic hydroxyl groups is 1. The number of nitrogens with one attached hydrogen (secondary N) is 1. The molecule has 148 valence electrons. The van der Waals surface area contributed by atoms with E-state index >= 15 is 0 Å². The highest BCUT2D eigenvalue weighted by Crippen LogP contribution is 2.18.